The normalized spacial score (nSPS) is 22.5. The molecule has 0 bridgehead atoms. The van der Waals surface area contributed by atoms with Gasteiger partial charge in [0, 0.05) is 19.1 Å². The van der Waals surface area contributed by atoms with Crippen molar-refractivity contribution in [3.8, 4) is 0 Å². The number of aromatic nitrogens is 2. The van der Waals surface area contributed by atoms with Crippen LogP contribution < -0.4 is 10.6 Å². The number of nitrogens with one attached hydrogen (secondary N) is 2. The second kappa shape index (κ2) is 6.01. The first kappa shape index (κ1) is 15.8. The molecule has 2 N–H and O–H groups in total. The minimum Gasteiger partial charge on any atom is -0.364 e. The van der Waals surface area contributed by atoms with Crippen molar-refractivity contribution in [2.75, 3.05) is 25.0 Å². The van der Waals surface area contributed by atoms with Gasteiger partial charge in [0.15, 0.2) is 0 Å². The van der Waals surface area contributed by atoms with Gasteiger partial charge in [-0.15, -0.1) is 0 Å². The molecule has 7 heteroatoms. The van der Waals surface area contributed by atoms with Crippen LogP contribution in [0, 0.1) is 22.5 Å². The minimum atomic E-state index is -0.342. The zero-order chi connectivity index (χ0) is 15.6. The molecule has 2 heterocycles. The maximum absolute atomic E-state index is 11.3. The van der Waals surface area contributed by atoms with E-state index in [1.807, 2.05) is 13.8 Å². The van der Waals surface area contributed by atoms with Gasteiger partial charge < -0.3 is 10.6 Å². The first-order chi connectivity index (χ1) is 9.84. The van der Waals surface area contributed by atoms with Gasteiger partial charge >= 0.3 is 5.69 Å². The molecule has 0 aliphatic carbocycles. The molecule has 1 saturated heterocycles. The van der Waals surface area contributed by atoms with E-state index in [0.29, 0.717) is 18.1 Å². The smallest absolute Gasteiger partial charge is 0.333 e. The summed E-state index contributed by atoms with van der Waals surface area (Å²) in [7, 11) is 0. The van der Waals surface area contributed by atoms with E-state index in [1.54, 1.807) is 11.6 Å². The number of rotatable bonds is 5. The third kappa shape index (κ3) is 3.34. The molecule has 1 fully saturated rings. The Kier molecular flexibility index (Phi) is 4.51. The molecule has 21 heavy (non-hydrogen) atoms. The molecule has 1 aliphatic rings. The Labute approximate surface area is 125 Å². The topological polar surface area (TPSA) is 85.0 Å². The van der Waals surface area contributed by atoms with Crippen molar-refractivity contribution in [1.82, 2.24) is 15.1 Å². The lowest BCUT2D eigenvalue weighted by molar-refractivity contribution is -0.384. The van der Waals surface area contributed by atoms with Crippen molar-refractivity contribution >= 4 is 11.5 Å². The number of hydrogen-bond acceptors (Lipinski definition) is 5. The first-order valence-corrected chi connectivity index (χ1v) is 7.52. The van der Waals surface area contributed by atoms with Crippen molar-refractivity contribution in [2.45, 2.75) is 46.6 Å². The average Bonchev–Trinajstić information content (AvgIpc) is 2.74. The second-order valence-corrected chi connectivity index (χ2v) is 6.52. The molecule has 1 aromatic rings. The van der Waals surface area contributed by atoms with Gasteiger partial charge in [0.05, 0.1) is 4.92 Å². The lowest BCUT2D eigenvalue weighted by Crippen LogP contribution is -2.42. The Balaban J connectivity index is 2.23. The van der Waals surface area contributed by atoms with Crippen LogP contribution in [0.4, 0.5) is 11.5 Å². The fraction of sp³-hybridized carbons (Fsp3) is 0.786. The van der Waals surface area contributed by atoms with Crippen molar-refractivity contribution in [3.05, 3.63) is 15.8 Å². The van der Waals surface area contributed by atoms with Crippen molar-refractivity contribution < 1.29 is 4.92 Å². The average molecular weight is 295 g/mol. The summed E-state index contributed by atoms with van der Waals surface area (Å²) in [6, 6.07) is 0.0807. The number of nitrogens with zero attached hydrogens (tertiary/aromatic N) is 3. The molecule has 0 amide bonds. The summed E-state index contributed by atoms with van der Waals surface area (Å²) in [5, 5.41) is 22.3. The van der Waals surface area contributed by atoms with Gasteiger partial charge in [-0.1, -0.05) is 6.92 Å². The molecule has 1 unspecified atom stereocenters. The standard InChI is InChI=1S/C14H25N5O2/c1-10(2)18-13(12(19(20)21)11(3)17-18)16-9-14(4)6-5-7-15-8-14/h10,15-16H,5-9H2,1-4H3. The summed E-state index contributed by atoms with van der Waals surface area (Å²) in [6.07, 6.45) is 2.26. The Morgan fingerprint density at radius 2 is 2.29 bits per heavy atom. The van der Waals surface area contributed by atoms with Gasteiger partial charge in [-0.05, 0) is 45.6 Å². The van der Waals surface area contributed by atoms with Gasteiger partial charge in [-0.3, -0.25) is 10.1 Å². The Morgan fingerprint density at radius 3 is 2.81 bits per heavy atom. The monoisotopic (exact) mass is 295 g/mol. The number of nitro groups is 1. The van der Waals surface area contributed by atoms with Gasteiger partial charge in [0.1, 0.15) is 5.69 Å². The van der Waals surface area contributed by atoms with E-state index in [4.69, 9.17) is 0 Å². The molecular formula is C14H25N5O2. The molecule has 0 spiro atoms. The van der Waals surface area contributed by atoms with E-state index in [-0.39, 0.29) is 22.1 Å². The first-order valence-electron chi connectivity index (χ1n) is 7.52. The van der Waals surface area contributed by atoms with Crippen LogP contribution in [0.5, 0.6) is 0 Å². The molecule has 0 radical (unpaired) electrons. The highest BCUT2D eigenvalue weighted by molar-refractivity contribution is 5.59. The van der Waals surface area contributed by atoms with Gasteiger partial charge in [-0.25, -0.2) is 4.68 Å². The zero-order valence-electron chi connectivity index (χ0n) is 13.3. The van der Waals surface area contributed by atoms with E-state index >= 15 is 0 Å². The molecule has 0 aromatic carbocycles. The zero-order valence-corrected chi connectivity index (χ0v) is 13.3. The molecule has 7 nitrogen and oxygen atoms in total. The maximum Gasteiger partial charge on any atom is 0.333 e. The summed E-state index contributed by atoms with van der Waals surface area (Å²) in [5.74, 6) is 0.527. The van der Waals surface area contributed by atoms with E-state index < -0.39 is 0 Å². The van der Waals surface area contributed by atoms with Gasteiger partial charge in [-0.2, -0.15) is 5.10 Å². The predicted molar refractivity (Wildman–Crippen MR) is 82.7 cm³/mol. The summed E-state index contributed by atoms with van der Waals surface area (Å²) in [6.45, 7) is 10.5. The molecule has 1 atom stereocenters. The highest BCUT2D eigenvalue weighted by atomic mass is 16.6. The summed E-state index contributed by atoms with van der Waals surface area (Å²) >= 11 is 0. The summed E-state index contributed by atoms with van der Waals surface area (Å²) in [4.78, 5) is 11.0. The quantitative estimate of drug-likeness (QED) is 0.644. The number of piperidine rings is 1. The van der Waals surface area contributed by atoms with Crippen LogP contribution in [0.2, 0.25) is 0 Å². The van der Waals surface area contributed by atoms with Crippen LogP contribution in [0.15, 0.2) is 0 Å². The SMILES string of the molecule is Cc1nn(C(C)C)c(NCC2(C)CCCNC2)c1[N+](=O)[O-]. The predicted octanol–water partition coefficient (Wildman–Crippen LogP) is 2.48. The van der Waals surface area contributed by atoms with Crippen molar-refractivity contribution in [1.29, 1.82) is 0 Å². The number of aryl methyl sites for hydroxylation is 1. The van der Waals surface area contributed by atoms with E-state index in [0.717, 1.165) is 25.9 Å². The third-order valence-electron chi connectivity index (χ3n) is 4.09. The van der Waals surface area contributed by atoms with Gasteiger partial charge in [0.25, 0.3) is 0 Å². The van der Waals surface area contributed by atoms with Crippen molar-refractivity contribution in [3.63, 3.8) is 0 Å². The summed E-state index contributed by atoms with van der Waals surface area (Å²) in [5.41, 5.74) is 0.672. The molecule has 1 aliphatic heterocycles. The lowest BCUT2D eigenvalue weighted by Gasteiger charge is -2.34. The minimum absolute atomic E-state index is 0.0807. The van der Waals surface area contributed by atoms with Crippen LogP contribution in [0.25, 0.3) is 0 Å². The Hall–Kier alpha value is -1.63. The van der Waals surface area contributed by atoms with E-state index in [9.17, 15) is 10.1 Å². The van der Waals surface area contributed by atoms with Crippen LogP contribution in [0.3, 0.4) is 0 Å². The highest BCUT2D eigenvalue weighted by Gasteiger charge is 2.31. The third-order valence-corrected chi connectivity index (χ3v) is 4.09. The number of anilines is 1. The van der Waals surface area contributed by atoms with Crippen LogP contribution >= 0.6 is 0 Å². The highest BCUT2D eigenvalue weighted by Crippen LogP contribution is 2.33. The molecular weight excluding hydrogens is 270 g/mol. The van der Waals surface area contributed by atoms with Crippen molar-refractivity contribution in [2.24, 2.45) is 5.41 Å². The molecule has 2 rings (SSSR count). The Morgan fingerprint density at radius 1 is 1.57 bits per heavy atom. The second-order valence-electron chi connectivity index (χ2n) is 6.52. The molecule has 118 valence electrons. The number of hydrogen-bond donors (Lipinski definition) is 2. The fourth-order valence-electron chi connectivity index (χ4n) is 2.86. The largest absolute Gasteiger partial charge is 0.364 e. The van der Waals surface area contributed by atoms with E-state index in [1.165, 1.54) is 0 Å². The maximum atomic E-state index is 11.3. The van der Waals surface area contributed by atoms with Crippen LogP contribution in [0.1, 0.15) is 45.3 Å². The van der Waals surface area contributed by atoms with Crippen LogP contribution in [-0.2, 0) is 0 Å². The van der Waals surface area contributed by atoms with E-state index in [2.05, 4.69) is 22.7 Å². The lowest BCUT2D eigenvalue weighted by atomic mass is 9.83. The fourth-order valence-corrected chi connectivity index (χ4v) is 2.86. The summed E-state index contributed by atoms with van der Waals surface area (Å²) < 4.78 is 1.72. The molecule has 1 aromatic heterocycles. The Bertz CT molecular complexity index is 518. The molecule has 0 saturated carbocycles. The van der Waals surface area contributed by atoms with Crippen LogP contribution in [-0.4, -0.2) is 34.3 Å². The van der Waals surface area contributed by atoms with Gasteiger partial charge in [0.2, 0.25) is 5.82 Å².